The zero-order valence-electron chi connectivity index (χ0n) is 14.8. The lowest BCUT2D eigenvalue weighted by Gasteiger charge is -2.13. The van der Waals surface area contributed by atoms with Gasteiger partial charge in [-0.25, -0.2) is 0 Å². The summed E-state index contributed by atoms with van der Waals surface area (Å²) < 4.78 is 9.27. The molecule has 0 saturated heterocycles. The Hall–Kier alpha value is -2.66. The molecule has 0 amide bonds. The van der Waals surface area contributed by atoms with Crippen LogP contribution in [0.15, 0.2) is 48.5 Å². The van der Waals surface area contributed by atoms with Gasteiger partial charge in [0.05, 0.1) is 28.8 Å². The van der Waals surface area contributed by atoms with E-state index >= 15 is 0 Å². The molecule has 1 saturated carbocycles. The second-order valence-corrected chi connectivity index (χ2v) is 7.51. The lowest BCUT2D eigenvalue weighted by atomic mass is 9.93. The van der Waals surface area contributed by atoms with E-state index in [4.69, 9.17) is 10.5 Å². The number of nitrogens with zero attached hydrogens (tertiary/aromatic N) is 1. The van der Waals surface area contributed by atoms with Gasteiger partial charge < -0.3 is 10.5 Å². The van der Waals surface area contributed by atoms with Gasteiger partial charge in [0.1, 0.15) is 0 Å². The van der Waals surface area contributed by atoms with Crippen molar-refractivity contribution in [2.45, 2.75) is 25.2 Å². The minimum Gasteiger partial charge on any atom is -0.468 e. The van der Waals surface area contributed by atoms with Crippen molar-refractivity contribution in [3.63, 3.8) is 0 Å². The summed E-state index contributed by atoms with van der Waals surface area (Å²) in [4.78, 5) is 13.0. The van der Waals surface area contributed by atoms with Crippen LogP contribution >= 0.6 is 11.5 Å². The van der Waals surface area contributed by atoms with E-state index in [9.17, 15) is 4.79 Å². The normalized spacial score (nSPS) is 14.8. The standard InChI is InChI=1S/C21H20N2O2S/c1-13-18(22)19(26-23-13)16-5-3-14(4-6-16)15-7-9-17(10-8-15)21(11-12-21)20(24)25-2/h3-10H,11-12,22H2,1-2H3. The Bertz CT molecular complexity index is 955. The fourth-order valence-electron chi connectivity index (χ4n) is 3.31. The van der Waals surface area contributed by atoms with Crippen molar-refractivity contribution in [3.05, 3.63) is 59.8 Å². The molecule has 2 N–H and O–H groups in total. The number of carbonyl (C=O) groups is 1. The molecule has 0 radical (unpaired) electrons. The first-order valence-corrected chi connectivity index (χ1v) is 9.34. The zero-order chi connectivity index (χ0) is 18.3. The molecular formula is C21H20N2O2S. The first-order chi connectivity index (χ1) is 12.5. The molecule has 0 aliphatic heterocycles. The van der Waals surface area contributed by atoms with Crippen molar-refractivity contribution >= 4 is 23.2 Å². The Morgan fingerprint density at radius 3 is 2.04 bits per heavy atom. The third-order valence-electron chi connectivity index (χ3n) is 5.15. The highest BCUT2D eigenvalue weighted by Gasteiger charge is 2.52. The van der Waals surface area contributed by atoms with Crippen molar-refractivity contribution in [2.75, 3.05) is 12.8 Å². The second kappa shape index (κ2) is 6.25. The van der Waals surface area contributed by atoms with Gasteiger partial charge in [-0.2, -0.15) is 4.37 Å². The van der Waals surface area contributed by atoms with E-state index in [1.807, 2.05) is 19.1 Å². The van der Waals surface area contributed by atoms with Crippen LogP contribution in [0.3, 0.4) is 0 Å². The SMILES string of the molecule is COC(=O)C1(c2ccc(-c3ccc(-c4snc(C)c4N)cc3)cc2)CC1. The number of ether oxygens (including phenoxy) is 1. The molecule has 4 rings (SSSR count). The van der Waals surface area contributed by atoms with Crippen molar-refractivity contribution in [3.8, 4) is 21.6 Å². The quantitative estimate of drug-likeness (QED) is 0.689. The fourth-order valence-corrected chi connectivity index (χ4v) is 4.13. The molecular weight excluding hydrogens is 344 g/mol. The first kappa shape index (κ1) is 16.8. The predicted molar refractivity (Wildman–Crippen MR) is 105 cm³/mol. The topological polar surface area (TPSA) is 65.2 Å². The summed E-state index contributed by atoms with van der Waals surface area (Å²) in [5.41, 5.74) is 11.7. The summed E-state index contributed by atoms with van der Waals surface area (Å²) in [5.74, 6) is -0.132. The van der Waals surface area contributed by atoms with E-state index in [0.717, 1.165) is 51.4 Å². The van der Waals surface area contributed by atoms with E-state index in [1.54, 1.807) is 0 Å². The van der Waals surface area contributed by atoms with Crippen LogP contribution < -0.4 is 5.73 Å². The summed E-state index contributed by atoms with van der Waals surface area (Å²) in [5, 5.41) is 0. The largest absolute Gasteiger partial charge is 0.468 e. The van der Waals surface area contributed by atoms with Crippen LogP contribution in [-0.4, -0.2) is 17.5 Å². The number of methoxy groups -OCH3 is 1. The number of aryl methyl sites for hydroxylation is 1. The van der Waals surface area contributed by atoms with Crippen molar-refractivity contribution in [1.82, 2.24) is 4.37 Å². The minimum absolute atomic E-state index is 0.132. The molecule has 132 valence electrons. The van der Waals surface area contributed by atoms with E-state index in [2.05, 4.69) is 40.8 Å². The lowest BCUT2D eigenvalue weighted by molar-refractivity contribution is -0.143. The molecule has 26 heavy (non-hydrogen) atoms. The van der Waals surface area contributed by atoms with Crippen LogP contribution in [0.4, 0.5) is 5.69 Å². The number of rotatable bonds is 4. The molecule has 0 atom stereocenters. The maximum absolute atomic E-state index is 12.0. The van der Waals surface area contributed by atoms with Crippen LogP contribution in [0.2, 0.25) is 0 Å². The van der Waals surface area contributed by atoms with E-state index in [1.165, 1.54) is 18.6 Å². The number of nitrogens with two attached hydrogens (primary N) is 1. The van der Waals surface area contributed by atoms with Crippen LogP contribution in [0.25, 0.3) is 21.6 Å². The van der Waals surface area contributed by atoms with Crippen LogP contribution in [0, 0.1) is 6.92 Å². The van der Waals surface area contributed by atoms with Gasteiger partial charge in [-0.1, -0.05) is 48.5 Å². The number of nitrogen functional groups attached to an aromatic ring is 1. The van der Waals surface area contributed by atoms with Crippen LogP contribution in [-0.2, 0) is 14.9 Å². The Morgan fingerprint density at radius 1 is 1.04 bits per heavy atom. The number of benzene rings is 2. The van der Waals surface area contributed by atoms with Crippen LogP contribution in [0.1, 0.15) is 24.1 Å². The van der Waals surface area contributed by atoms with E-state index < -0.39 is 5.41 Å². The second-order valence-electron chi connectivity index (χ2n) is 6.74. The Balaban J connectivity index is 1.59. The maximum Gasteiger partial charge on any atom is 0.316 e. The molecule has 1 fully saturated rings. The highest BCUT2D eigenvalue weighted by atomic mass is 32.1. The van der Waals surface area contributed by atoms with Crippen molar-refractivity contribution in [1.29, 1.82) is 0 Å². The van der Waals surface area contributed by atoms with E-state index in [0.29, 0.717) is 0 Å². The van der Waals surface area contributed by atoms with Gasteiger partial charge in [0, 0.05) is 0 Å². The molecule has 0 bridgehead atoms. The number of hydrogen-bond donors (Lipinski definition) is 1. The van der Waals surface area contributed by atoms with Gasteiger partial charge >= 0.3 is 5.97 Å². The van der Waals surface area contributed by atoms with Gasteiger partial charge in [-0.05, 0) is 53.6 Å². The molecule has 2 aromatic carbocycles. The monoisotopic (exact) mass is 364 g/mol. The number of hydrogen-bond acceptors (Lipinski definition) is 5. The summed E-state index contributed by atoms with van der Waals surface area (Å²) in [6.07, 6.45) is 1.73. The molecule has 5 heteroatoms. The van der Waals surface area contributed by atoms with Gasteiger partial charge in [-0.15, -0.1) is 0 Å². The first-order valence-electron chi connectivity index (χ1n) is 8.57. The molecule has 4 nitrogen and oxygen atoms in total. The molecule has 3 aromatic rings. The summed E-state index contributed by atoms with van der Waals surface area (Å²) in [6, 6.07) is 16.5. The zero-order valence-corrected chi connectivity index (χ0v) is 15.6. The highest BCUT2D eigenvalue weighted by molar-refractivity contribution is 7.10. The number of carbonyl (C=O) groups excluding carboxylic acids is 1. The lowest BCUT2D eigenvalue weighted by Crippen LogP contribution is -2.21. The van der Waals surface area contributed by atoms with Crippen LogP contribution in [0.5, 0.6) is 0 Å². The van der Waals surface area contributed by atoms with Crippen molar-refractivity contribution < 1.29 is 9.53 Å². The Morgan fingerprint density at radius 2 is 1.58 bits per heavy atom. The molecule has 1 heterocycles. The van der Waals surface area contributed by atoms with Gasteiger partial charge in [0.15, 0.2) is 0 Å². The van der Waals surface area contributed by atoms with E-state index in [-0.39, 0.29) is 5.97 Å². The fraction of sp³-hybridized carbons (Fsp3) is 0.238. The van der Waals surface area contributed by atoms with Gasteiger partial charge in [-0.3, -0.25) is 4.79 Å². The van der Waals surface area contributed by atoms with Crippen molar-refractivity contribution in [2.24, 2.45) is 0 Å². The summed E-state index contributed by atoms with van der Waals surface area (Å²) in [7, 11) is 1.45. The Labute approximate surface area is 156 Å². The molecule has 0 unspecified atom stereocenters. The minimum atomic E-state index is -0.418. The molecule has 1 aromatic heterocycles. The highest BCUT2D eigenvalue weighted by Crippen LogP contribution is 2.49. The van der Waals surface area contributed by atoms with Gasteiger partial charge in [0.25, 0.3) is 0 Å². The smallest absolute Gasteiger partial charge is 0.316 e. The number of anilines is 1. The maximum atomic E-state index is 12.0. The number of esters is 1. The molecule has 1 aliphatic rings. The third kappa shape index (κ3) is 2.69. The summed E-state index contributed by atoms with van der Waals surface area (Å²) in [6.45, 7) is 1.92. The molecule has 1 aliphatic carbocycles. The third-order valence-corrected chi connectivity index (χ3v) is 6.16. The summed E-state index contributed by atoms with van der Waals surface area (Å²) >= 11 is 1.43. The van der Waals surface area contributed by atoms with Gasteiger partial charge in [0.2, 0.25) is 0 Å². The average molecular weight is 364 g/mol. The molecule has 0 spiro atoms. The predicted octanol–water partition coefficient (Wildman–Crippen LogP) is 4.57. The average Bonchev–Trinajstić information content (AvgIpc) is 3.43. The Kier molecular flexibility index (Phi) is 4.04. The number of aromatic nitrogens is 1.